The molecular formula is C12H16N2OS. The Hall–Kier alpha value is -0.870. The number of aliphatic hydroxyl groups excluding tert-OH is 1. The van der Waals surface area contributed by atoms with Crippen LogP contribution in [-0.4, -0.2) is 20.6 Å². The van der Waals surface area contributed by atoms with Crippen LogP contribution in [0.2, 0.25) is 0 Å². The average molecular weight is 236 g/mol. The van der Waals surface area contributed by atoms with E-state index in [0.29, 0.717) is 12.3 Å². The Balaban J connectivity index is 1.71. The van der Waals surface area contributed by atoms with E-state index in [-0.39, 0.29) is 6.10 Å². The first-order valence-electron chi connectivity index (χ1n) is 5.83. The van der Waals surface area contributed by atoms with Crippen LogP contribution in [0.5, 0.6) is 0 Å². The van der Waals surface area contributed by atoms with Crippen molar-refractivity contribution in [3.8, 4) is 0 Å². The van der Waals surface area contributed by atoms with Crippen molar-refractivity contribution in [2.75, 3.05) is 0 Å². The van der Waals surface area contributed by atoms with Gasteiger partial charge in [-0.05, 0) is 24.7 Å². The van der Waals surface area contributed by atoms with Crippen molar-refractivity contribution in [2.24, 2.45) is 11.8 Å². The van der Waals surface area contributed by atoms with Crippen LogP contribution >= 0.6 is 11.3 Å². The number of nitrogens with zero attached hydrogens (tertiary/aromatic N) is 2. The summed E-state index contributed by atoms with van der Waals surface area (Å²) in [5.41, 5.74) is 1.01. The van der Waals surface area contributed by atoms with Gasteiger partial charge in [0.05, 0.1) is 11.8 Å². The molecule has 16 heavy (non-hydrogen) atoms. The average Bonchev–Trinajstić information content (AvgIpc) is 2.90. The van der Waals surface area contributed by atoms with Gasteiger partial charge in [0.1, 0.15) is 0 Å². The van der Waals surface area contributed by atoms with Crippen molar-refractivity contribution in [1.29, 1.82) is 0 Å². The molecule has 4 heteroatoms. The van der Waals surface area contributed by atoms with E-state index in [2.05, 4.69) is 11.9 Å². The highest BCUT2D eigenvalue weighted by Crippen LogP contribution is 2.38. The van der Waals surface area contributed by atoms with Gasteiger partial charge in [0.25, 0.3) is 0 Å². The van der Waals surface area contributed by atoms with E-state index in [1.165, 1.54) is 12.8 Å². The van der Waals surface area contributed by atoms with E-state index in [4.69, 9.17) is 0 Å². The van der Waals surface area contributed by atoms with Crippen LogP contribution in [-0.2, 0) is 6.42 Å². The molecule has 3 nitrogen and oxygen atoms in total. The van der Waals surface area contributed by atoms with Crippen LogP contribution in [0.15, 0.2) is 17.8 Å². The molecule has 0 bridgehead atoms. The molecule has 2 unspecified atom stereocenters. The predicted molar refractivity (Wildman–Crippen MR) is 64.7 cm³/mol. The minimum atomic E-state index is -0.239. The summed E-state index contributed by atoms with van der Waals surface area (Å²) in [5.74, 6) is 1.17. The Labute approximate surface area is 98.8 Å². The SMILES string of the molecule is CC(C(O)Cc1cn2ccsc2n1)C1CC1. The molecule has 1 saturated carbocycles. The summed E-state index contributed by atoms with van der Waals surface area (Å²) in [4.78, 5) is 5.51. The molecule has 2 aromatic rings. The molecule has 2 aromatic heterocycles. The van der Waals surface area contributed by atoms with Gasteiger partial charge in [0.2, 0.25) is 0 Å². The molecule has 0 radical (unpaired) electrons. The Morgan fingerprint density at radius 3 is 3.12 bits per heavy atom. The summed E-state index contributed by atoms with van der Waals surface area (Å²) < 4.78 is 2.02. The number of hydrogen-bond donors (Lipinski definition) is 1. The van der Waals surface area contributed by atoms with E-state index < -0.39 is 0 Å². The van der Waals surface area contributed by atoms with Crippen LogP contribution in [0.3, 0.4) is 0 Å². The Kier molecular flexibility index (Phi) is 2.48. The topological polar surface area (TPSA) is 37.5 Å². The third-order valence-electron chi connectivity index (χ3n) is 3.53. The summed E-state index contributed by atoms with van der Waals surface area (Å²) in [6.07, 6.45) is 7.05. The largest absolute Gasteiger partial charge is 0.392 e. The van der Waals surface area contributed by atoms with Gasteiger partial charge in [0, 0.05) is 24.2 Å². The van der Waals surface area contributed by atoms with Crippen LogP contribution in [0.4, 0.5) is 0 Å². The number of thiazole rings is 1. The third kappa shape index (κ3) is 1.87. The lowest BCUT2D eigenvalue weighted by Crippen LogP contribution is -2.22. The van der Waals surface area contributed by atoms with E-state index in [1.54, 1.807) is 11.3 Å². The van der Waals surface area contributed by atoms with Crippen LogP contribution in [0.1, 0.15) is 25.5 Å². The zero-order valence-corrected chi connectivity index (χ0v) is 10.2. The fourth-order valence-corrected chi connectivity index (χ4v) is 2.93. The predicted octanol–water partition coefficient (Wildman–Crippen LogP) is 2.35. The minimum Gasteiger partial charge on any atom is -0.392 e. The van der Waals surface area contributed by atoms with Gasteiger partial charge in [-0.1, -0.05) is 6.92 Å². The first-order chi connectivity index (χ1) is 7.74. The van der Waals surface area contributed by atoms with Crippen LogP contribution in [0.25, 0.3) is 4.96 Å². The molecule has 2 atom stereocenters. The molecular weight excluding hydrogens is 220 g/mol. The smallest absolute Gasteiger partial charge is 0.193 e. The molecule has 2 heterocycles. The van der Waals surface area contributed by atoms with Gasteiger partial charge in [-0.2, -0.15) is 0 Å². The van der Waals surface area contributed by atoms with Crippen molar-refractivity contribution in [2.45, 2.75) is 32.3 Å². The minimum absolute atomic E-state index is 0.239. The van der Waals surface area contributed by atoms with E-state index in [0.717, 1.165) is 16.6 Å². The van der Waals surface area contributed by atoms with Gasteiger partial charge in [-0.15, -0.1) is 11.3 Å². The second-order valence-corrected chi connectivity index (χ2v) is 5.67. The summed E-state index contributed by atoms with van der Waals surface area (Å²) in [5, 5.41) is 12.1. The molecule has 86 valence electrons. The lowest BCUT2D eigenvalue weighted by molar-refractivity contribution is 0.104. The lowest BCUT2D eigenvalue weighted by Gasteiger charge is -2.16. The maximum absolute atomic E-state index is 10.1. The molecule has 0 spiro atoms. The van der Waals surface area contributed by atoms with Gasteiger partial charge in [0.15, 0.2) is 4.96 Å². The molecule has 1 aliphatic rings. The monoisotopic (exact) mass is 236 g/mol. The molecule has 0 saturated heterocycles. The zero-order valence-electron chi connectivity index (χ0n) is 9.34. The highest BCUT2D eigenvalue weighted by atomic mass is 32.1. The summed E-state index contributed by atoms with van der Waals surface area (Å²) in [7, 11) is 0. The Morgan fingerprint density at radius 2 is 2.44 bits per heavy atom. The summed E-state index contributed by atoms with van der Waals surface area (Å²) in [6, 6.07) is 0. The normalized spacial score (nSPS) is 20.1. The molecule has 1 fully saturated rings. The maximum atomic E-state index is 10.1. The Bertz CT molecular complexity index is 457. The van der Waals surface area contributed by atoms with Crippen LogP contribution < -0.4 is 0 Å². The molecule has 1 aliphatic carbocycles. The standard InChI is InChI=1S/C12H16N2OS/c1-8(9-2-3-9)11(15)6-10-7-14-4-5-16-12(14)13-10/h4-5,7-9,11,15H,2-3,6H2,1H3. The van der Waals surface area contributed by atoms with Gasteiger partial charge in [-0.3, -0.25) is 4.40 Å². The van der Waals surface area contributed by atoms with Crippen LogP contribution in [0, 0.1) is 11.8 Å². The van der Waals surface area contributed by atoms with E-state index >= 15 is 0 Å². The summed E-state index contributed by atoms with van der Waals surface area (Å²) >= 11 is 1.63. The first-order valence-corrected chi connectivity index (χ1v) is 6.71. The fraction of sp³-hybridized carbons (Fsp3) is 0.583. The maximum Gasteiger partial charge on any atom is 0.193 e. The van der Waals surface area contributed by atoms with Crippen molar-refractivity contribution in [1.82, 2.24) is 9.38 Å². The van der Waals surface area contributed by atoms with Crippen molar-refractivity contribution in [3.05, 3.63) is 23.5 Å². The number of rotatable bonds is 4. The zero-order chi connectivity index (χ0) is 11.1. The lowest BCUT2D eigenvalue weighted by atomic mass is 9.96. The van der Waals surface area contributed by atoms with Crippen molar-refractivity contribution < 1.29 is 5.11 Å². The van der Waals surface area contributed by atoms with E-state index in [9.17, 15) is 5.11 Å². The molecule has 1 N–H and O–H groups in total. The van der Waals surface area contributed by atoms with Gasteiger partial charge >= 0.3 is 0 Å². The first kappa shape index (κ1) is 10.3. The number of hydrogen-bond acceptors (Lipinski definition) is 3. The fourth-order valence-electron chi connectivity index (χ4n) is 2.21. The molecule has 0 amide bonds. The second kappa shape index (κ2) is 3.86. The quantitative estimate of drug-likeness (QED) is 0.884. The number of fused-ring (bicyclic) bond motifs is 1. The number of aromatic nitrogens is 2. The van der Waals surface area contributed by atoms with E-state index in [1.807, 2.05) is 22.2 Å². The number of aliphatic hydroxyl groups is 1. The number of imidazole rings is 1. The Morgan fingerprint density at radius 1 is 1.62 bits per heavy atom. The van der Waals surface area contributed by atoms with Gasteiger partial charge < -0.3 is 5.11 Å². The molecule has 0 aromatic carbocycles. The molecule has 0 aliphatic heterocycles. The molecule has 3 rings (SSSR count). The highest BCUT2D eigenvalue weighted by molar-refractivity contribution is 7.15. The van der Waals surface area contributed by atoms with Gasteiger partial charge in [-0.25, -0.2) is 4.98 Å². The second-order valence-electron chi connectivity index (χ2n) is 4.79. The highest BCUT2D eigenvalue weighted by Gasteiger charge is 2.32. The summed E-state index contributed by atoms with van der Waals surface area (Å²) in [6.45, 7) is 2.15. The third-order valence-corrected chi connectivity index (χ3v) is 4.30. The van der Waals surface area contributed by atoms with Crippen molar-refractivity contribution >= 4 is 16.3 Å². The van der Waals surface area contributed by atoms with Crippen molar-refractivity contribution in [3.63, 3.8) is 0 Å².